The van der Waals surface area contributed by atoms with Crippen LogP contribution in [0.5, 0.6) is 5.75 Å². The molecule has 1 aliphatic rings. The molecule has 0 saturated heterocycles. The van der Waals surface area contributed by atoms with Crippen molar-refractivity contribution in [3.63, 3.8) is 0 Å². The summed E-state index contributed by atoms with van der Waals surface area (Å²) in [5, 5.41) is 3.04. The van der Waals surface area contributed by atoms with Crippen LogP contribution >= 0.6 is 0 Å². The van der Waals surface area contributed by atoms with Gasteiger partial charge in [-0.1, -0.05) is 11.6 Å². The smallest absolute Gasteiger partial charge is 0.226 e. The third-order valence-corrected chi connectivity index (χ3v) is 5.20. The number of carbonyl (C=O) groups is 1. The molecule has 0 bridgehead atoms. The maximum atomic E-state index is 12.1. The molecule has 0 aliphatic heterocycles. The zero-order valence-corrected chi connectivity index (χ0v) is 16.9. The Bertz CT molecular complexity index is 806. The highest BCUT2D eigenvalue weighted by molar-refractivity contribution is 5.75. The number of rotatable bonds is 9. The summed E-state index contributed by atoms with van der Waals surface area (Å²) >= 11 is 0. The monoisotopic (exact) mass is 382 g/mol. The molecule has 0 saturated carbocycles. The van der Waals surface area contributed by atoms with Gasteiger partial charge in [-0.2, -0.15) is 0 Å². The third kappa shape index (κ3) is 5.72. The summed E-state index contributed by atoms with van der Waals surface area (Å²) in [5.41, 5.74) is 3.34. The lowest BCUT2D eigenvalue weighted by atomic mass is 9.97. The Kier molecular flexibility index (Phi) is 7.29. The Morgan fingerprint density at radius 1 is 1.21 bits per heavy atom. The van der Waals surface area contributed by atoms with E-state index in [0.717, 1.165) is 48.6 Å². The predicted octanol–water partition coefficient (Wildman–Crippen LogP) is 4.99. The number of oxazole rings is 1. The molecule has 1 aliphatic carbocycles. The van der Waals surface area contributed by atoms with Crippen molar-refractivity contribution in [2.45, 2.75) is 58.3 Å². The van der Waals surface area contributed by atoms with Crippen molar-refractivity contribution in [2.75, 3.05) is 13.7 Å². The van der Waals surface area contributed by atoms with Crippen LogP contribution in [-0.2, 0) is 11.2 Å². The molecule has 150 valence electrons. The van der Waals surface area contributed by atoms with Gasteiger partial charge in [0, 0.05) is 18.5 Å². The van der Waals surface area contributed by atoms with E-state index in [1.54, 1.807) is 7.11 Å². The lowest BCUT2D eigenvalue weighted by Gasteiger charge is -2.12. The molecule has 5 nitrogen and oxygen atoms in total. The zero-order valence-electron chi connectivity index (χ0n) is 16.9. The van der Waals surface area contributed by atoms with Crippen molar-refractivity contribution in [1.29, 1.82) is 0 Å². The molecule has 0 atom stereocenters. The standard InChI is InChI=1S/C23H30N2O3/c1-17-21(25-23(28-17)19-11-13-20(27-2)14-12-19)9-6-10-22(26)24-16-15-18-7-4-3-5-8-18/h7,11-14H,3-6,8-10,15-16H2,1-2H3,(H,24,26). The Morgan fingerprint density at radius 3 is 2.75 bits per heavy atom. The number of hydrogen-bond donors (Lipinski definition) is 1. The lowest BCUT2D eigenvalue weighted by molar-refractivity contribution is -0.121. The molecule has 1 aromatic heterocycles. The summed E-state index contributed by atoms with van der Waals surface area (Å²) in [6.45, 7) is 2.67. The van der Waals surface area contributed by atoms with Gasteiger partial charge in [0.25, 0.3) is 0 Å². The summed E-state index contributed by atoms with van der Waals surface area (Å²) in [5.74, 6) is 2.35. The van der Waals surface area contributed by atoms with Crippen LogP contribution < -0.4 is 10.1 Å². The Labute approximate surface area is 167 Å². The number of ether oxygens (including phenoxy) is 1. The number of allylic oxidation sites excluding steroid dienone is 1. The van der Waals surface area contributed by atoms with E-state index in [2.05, 4.69) is 16.4 Å². The maximum Gasteiger partial charge on any atom is 0.226 e. The molecule has 1 N–H and O–H groups in total. The van der Waals surface area contributed by atoms with Gasteiger partial charge < -0.3 is 14.5 Å². The van der Waals surface area contributed by atoms with Crippen molar-refractivity contribution >= 4 is 5.91 Å². The van der Waals surface area contributed by atoms with Crippen molar-refractivity contribution in [3.8, 4) is 17.2 Å². The van der Waals surface area contributed by atoms with E-state index in [4.69, 9.17) is 9.15 Å². The Morgan fingerprint density at radius 2 is 2.04 bits per heavy atom. The summed E-state index contributed by atoms with van der Waals surface area (Å²) < 4.78 is 11.0. The van der Waals surface area contributed by atoms with Gasteiger partial charge in [-0.3, -0.25) is 4.79 Å². The van der Waals surface area contributed by atoms with Crippen molar-refractivity contribution < 1.29 is 13.9 Å². The minimum Gasteiger partial charge on any atom is -0.497 e. The first kappa shape index (κ1) is 20.2. The van der Waals surface area contributed by atoms with Gasteiger partial charge in [0.2, 0.25) is 11.8 Å². The van der Waals surface area contributed by atoms with Gasteiger partial charge in [-0.05, 0) is 76.1 Å². The number of nitrogens with one attached hydrogen (secondary N) is 1. The highest BCUT2D eigenvalue weighted by Gasteiger charge is 2.12. The zero-order chi connectivity index (χ0) is 19.8. The third-order valence-electron chi connectivity index (χ3n) is 5.20. The fraction of sp³-hybridized carbons (Fsp3) is 0.478. The van der Waals surface area contributed by atoms with E-state index in [-0.39, 0.29) is 5.91 Å². The molecule has 0 radical (unpaired) electrons. The van der Waals surface area contributed by atoms with Gasteiger partial charge in [0.1, 0.15) is 11.5 Å². The van der Waals surface area contributed by atoms with Gasteiger partial charge in [0.05, 0.1) is 12.8 Å². The molecular weight excluding hydrogens is 352 g/mol. The average molecular weight is 383 g/mol. The minimum absolute atomic E-state index is 0.118. The normalized spacial score (nSPS) is 13.9. The van der Waals surface area contributed by atoms with Crippen LogP contribution in [0.15, 0.2) is 40.3 Å². The highest BCUT2D eigenvalue weighted by atomic mass is 16.5. The molecule has 1 amide bonds. The van der Waals surface area contributed by atoms with Crippen LogP contribution in [0.2, 0.25) is 0 Å². The number of carbonyl (C=O) groups excluding carboxylic acids is 1. The summed E-state index contributed by atoms with van der Waals surface area (Å²) in [6.07, 6.45) is 10.3. The van der Waals surface area contributed by atoms with Crippen LogP contribution in [-0.4, -0.2) is 24.5 Å². The van der Waals surface area contributed by atoms with Gasteiger partial charge in [0.15, 0.2) is 0 Å². The summed E-state index contributed by atoms with van der Waals surface area (Å²) in [4.78, 5) is 16.7. The van der Waals surface area contributed by atoms with Crippen LogP contribution in [0, 0.1) is 6.92 Å². The topological polar surface area (TPSA) is 64.4 Å². The predicted molar refractivity (Wildman–Crippen MR) is 110 cm³/mol. The molecule has 0 spiro atoms. The highest BCUT2D eigenvalue weighted by Crippen LogP contribution is 2.24. The molecule has 5 heteroatoms. The van der Waals surface area contributed by atoms with E-state index in [0.29, 0.717) is 12.3 Å². The largest absolute Gasteiger partial charge is 0.497 e. The molecule has 3 rings (SSSR count). The molecular formula is C23H30N2O3. The first-order valence-electron chi connectivity index (χ1n) is 10.2. The maximum absolute atomic E-state index is 12.1. The van der Waals surface area contributed by atoms with Crippen LogP contribution in [0.1, 0.15) is 56.4 Å². The number of amides is 1. The lowest BCUT2D eigenvalue weighted by Crippen LogP contribution is -2.24. The summed E-state index contributed by atoms with van der Waals surface area (Å²) in [6, 6.07) is 7.65. The van der Waals surface area contributed by atoms with E-state index < -0.39 is 0 Å². The second-order valence-electron chi connectivity index (χ2n) is 7.31. The van der Waals surface area contributed by atoms with Crippen LogP contribution in [0.25, 0.3) is 11.5 Å². The first-order valence-corrected chi connectivity index (χ1v) is 10.2. The number of aryl methyl sites for hydroxylation is 2. The number of aromatic nitrogens is 1. The van der Waals surface area contributed by atoms with E-state index >= 15 is 0 Å². The van der Waals surface area contributed by atoms with Gasteiger partial charge >= 0.3 is 0 Å². The molecule has 0 fully saturated rings. The molecule has 28 heavy (non-hydrogen) atoms. The quantitative estimate of drug-likeness (QED) is 0.621. The number of nitrogens with zero attached hydrogens (tertiary/aromatic N) is 1. The number of hydrogen-bond acceptors (Lipinski definition) is 4. The van der Waals surface area contributed by atoms with E-state index in [1.165, 1.54) is 31.3 Å². The van der Waals surface area contributed by atoms with Crippen LogP contribution in [0.3, 0.4) is 0 Å². The average Bonchev–Trinajstić information content (AvgIpc) is 3.09. The Hall–Kier alpha value is -2.56. The molecule has 0 unspecified atom stereocenters. The molecule has 1 heterocycles. The second-order valence-corrected chi connectivity index (χ2v) is 7.31. The van der Waals surface area contributed by atoms with Gasteiger partial charge in [-0.15, -0.1) is 0 Å². The van der Waals surface area contributed by atoms with E-state index in [1.807, 2.05) is 31.2 Å². The number of methoxy groups -OCH3 is 1. The van der Waals surface area contributed by atoms with Gasteiger partial charge in [-0.25, -0.2) is 4.98 Å². The molecule has 2 aromatic rings. The SMILES string of the molecule is COc1ccc(-c2nc(CCCC(=O)NCCC3=CCCCC3)c(C)o2)cc1. The molecule has 1 aromatic carbocycles. The van der Waals surface area contributed by atoms with Crippen molar-refractivity contribution in [2.24, 2.45) is 0 Å². The summed E-state index contributed by atoms with van der Waals surface area (Å²) in [7, 11) is 1.64. The van der Waals surface area contributed by atoms with Crippen LogP contribution in [0.4, 0.5) is 0 Å². The first-order chi connectivity index (χ1) is 13.7. The Balaban J connectivity index is 1.42. The van der Waals surface area contributed by atoms with E-state index in [9.17, 15) is 4.79 Å². The van der Waals surface area contributed by atoms with Crippen molar-refractivity contribution in [3.05, 3.63) is 47.4 Å². The van der Waals surface area contributed by atoms with Crippen molar-refractivity contribution in [1.82, 2.24) is 10.3 Å². The number of benzene rings is 1. The fourth-order valence-electron chi connectivity index (χ4n) is 3.52. The fourth-order valence-corrected chi connectivity index (χ4v) is 3.52. The second kappa shape index (κ2) is 10.1. The minimum atomic E-state index is 0.118.